The van der Waals surface area contributed by atoms with E-state index >= 15 is 0 Å². The molecule has 1 aromatic carbocycles. The fraction of sp³-hybridized carbons (Fsp3) is 0.533. The highest BCUT2D eigenvalue weighted by Gasteiger charge is 2.35. The average Bonchev–Trinajstić information content (AvgIpc) is 3.08. The maximum atomic E-state index is 12.0. The van der Waals surface area contributed by atoms with Gasteiger partial charge in [0.2, 0.25) is 5.91 Å². The molecule has 17 heavy (non-hydrogen) atoms. The highest BCUT2D eigenvalue weighted by atomic mass is 16.2. The molecule has 0 spiro atoms. The van der Waals surface area contributed by atoms with Gasteiger partial charge in [-0.1, -0.05) is 36.8 Å². The van der Waals surface area contributed by atoms with E-state index < -0.39 is 0 Å². The number of carbonyl (C=O) groups is 1. The molecule has 0 bridgehead atoms. The van der Waals surface area contributed by atoms with E-state index in [1.54, 1.807) is 0 Å². The van der Waals surface area contributed by atoms with Crippen LogP contribution in [0, 0.1) is 11.8 Å². The van der Waals surface area contributed by atoms with Crippen molar-refractivity contribution in [2.45, 2.75) is 38.1 Å². The van der Waals surface area contributed by atoms with Crippen molar-refractivity contribution in [3.63, 3.8) is 0 Å². The fourth-order valence-electron chi connectivity index (χ4n) is 2.50. The highest BCUT2D eigenvalue weighted by molar-refractivity contribution is 5.79. The largest absolute Gasteiger partial charge is 0.349 e. The van der Waals surface area contributed by atoms with Gasteiger partial charge in [0, 0.05) is 5.92 Å². The third kappa shape index (κ3) is 2.36. The van der Waals surface area contributed by atoms with E-state index in [4.69, 9.17) is 0 Å². The molecule has 2 nitrogen and oxygen atoms in total. The topological polar surface area (TPSA) is 29.1 Å². The SMILES string of the molecule is O=C(N[C@@H](c1ccccc1)C1CC1)C1CCC1. The highest BCUT2D eigenvalue weighted by Crippen LogP contribution is 2.41. The number of benzene rings is 1. The van der Waals surface area contributed by atoms with Gasteiger partial charge in [0.25, 0.3) is 0 Å². The fourth-order valence-corrected chi connectivity index (χ4v) is 2.50. The minimum Gasteiger partial charge on any atom is -0.349 e. The van der Waals surface area contributed by atoms with Gasteiger partial charge in [-0.3, -0.25) is 4.79 Å². The summed E-state index contributed by atoms with van der Waals surface area (Å²) in [7, 11) is 0. The predicted molar refractivity (Wildman–Crippen MR) is 67.4 cm³/mol. The number of hydrogen-bond donors (Lipinski definition) is 1. The summed E-state index contributed by atoms with van der Waals surface area (Å²) in [5.74, 6) is 1.23. The minimum atomic E-state index is 0.254. The van der Waals surface area contributed by atoms with Gasteiger partial charge in [0.1, 0.15) is 0 Å². The molecule has 2 fully saturated rings. The summed E-state index contributed by atoms with van der Waals surface area (Å²) >= 11 is 0. The van der Waals surface area contributed by atoms with E-state index in [2.05, 4.69) is 29.6 Å². The molecule has 2 aliphatic carbocycles. The Balaban J connectivity index is 1.70. The molecule has 1 N–H and O–H groups in total. The van der Waals surface area contributed by atoms with Crippen LogP contribution in [-0.2, 0) is 4.79 Å². The average molecular weight is 229 g/mol. The lowest BCUT2D eigenvalue weighted by molar-refractivity contribution is -0.128. The van der Waals surface area contributed by atoms with Crippen molar-refractivity contribution in [3.8, 4) is 0 Å². The Morgan fingerprint density at radius 2 is 1.82 bits per heavy atom. The zero-order chi connectivity index (χ0) is 11.7. The maximum absolute atomic E-state index is 12.0. The van der Waals surface area contributed by atoms with Gasteiger partial charge in [-0.15, -0.1) is 0 Å². The van der Waals surface area contributed by atoms with Gasteiger partial charge < -0.3 is 5.32 Å². The van der Waals surface area contributed by atoms with E-state index in [0.717, 1.165) is 12.8 Å². The second kappa shape index (κ2) is 4.52. The van der Waals surface area contributed by atoms with Crippen LogP contribution in [0.15, 0.2) is 30.3 Å². The first-order valence-corrected chi connectivity index (χ1v) is 6.70. The standard InChI is InChI=1S/C15H19NO/c17-15(13-7-4-8-13)16-14(12-9-10-12)11-5-2-1-3-6-11/h1-3,5-6,12-14H,4,7-10H2,(H,16,17)/t14-/m0/s1. The molecule has 1 atom stereocenters. The summed E-state index contributed by atoms with van der Waals surface area (Å²) in [4.78, 5) is 12.0. The van der Waals surface area contributed by atoms with E-state index in [9.17, 15) is 4.79 Å². The predicted octanol–water partition coefficient (Wildman–Crippen LogP) is 3.05. The van der Waals surface area contributed by atoms with Crippen LogP contribution in [-0.4, -0.2) is 5.91 Å². The van der Waals surface area contributed by atoms with Crippen molar-refractivity contribution in [1.82, 2.24) is 5.32 Å². The molecular weight excluding hydrogens is 210 g/mol. The zero-order valence-corrected chi connectivity index (χ0v) is 10.1. The van der Waals surface area contributed by atoms with E-state index in [1.165, 1.54) is 24.8 Å². The lowest BCUT2D eigenvalue weighted by Crippen LogP contribution is -2.37. The lowest BCUT2D eigenvalue weighted by Gasteiger charge is -2.27. The molecule has 2 aliphatic rings. The number of amides is 1. The summed E-state index contributed by atoms with van der Waals surface area (Å²) in [5.41, 5.74) is 1.27. The van der Waals surface area contributed by atoms with Crippen LogP contribution in [0.5, 0.6) is 0 Å². The van der Waals surface area contributed by atoms with Gasteiger partial charge in [0.15, 0.2) is 0 Å². The molecule has 0 radical (unpaired) electrons. The van der Waals surface area contributed by atoms with E-state index in [-0.39, 0.29) is 11.9 Å². The monoisotopic (exact) mass is 229 g/mol. The van der Waals surface area contributed by atoms with Crippen LogP contribution in [0.4, 0.5) is 0 Å². The van der Waals surface area contributed by atoms with Crippen LogP contribution >= 0.6 is 0 Å². The first-order chi connectivity index (χ1) is 8.34. The Morgan fingerprint density at radius 3 is 2.35 bits per heavy atom. The quantitative estimate of drug-likeness (QED) is 0.844. The van der Waals surface area contributed by atoms with Gasteiger partial charge in [0.05, 0.1) is 6.04 Å². The molecule has 0 heterocycles. The van der Waals surface area contributed by atoms with Crippen molar-refractivity contribution in [1.29, 1.82) is 0 Å². The number of nitrogens with one attached hydrogen (secondary N) is 1. The molecule has 1 amide bonds. The third-order valence-corrected chi connectivity index (χ3v) is 4.03. The molecule has 0 aliphatic heterocycles. The molecule has 0 saturated heterocycles. The van der Waals surface area contributed by atoms with Crippen molar-refractivity contribution in [2.75, 3.05) is 0 Å². The Kier molecular flexibility index (Phi) is 2.87. The molecule has 0 aromatic heterocycles. The van der Waals surface area contributed by atoms with Crippen LogP contribution < -0.4 is 5.32 Å². The molecule has 90 valence electrons. The second-order valence-corrected chi connectivity index (χ2v) is 5.36. The summed E-state index contributed by atoms with van der Waals surface area (Å²) in [6.45, 7) is 0. The van der Waals surface area contributed by atoms with Gasteiger partial charge in [-0.25, -0.2) is 0 Å². The summed E-state index contributed by atoms with van der Waals surface area (Å²) in [6, 6.07) is 10.7. The van der Waals surface area contributed by atoms with Gasteiger partial charge in [-0.2, -0.15) is 0 Å². The third-order valence-electron chi connectivity index (χ3n) is 4.03. The maximum Gasteiger partial charge on any atom is 0.223 e. The Labute approximate surface area is 102 Å². The normalized spacial score (nSPS) is 21.6. The molecular formula is C15H19NO. The molecule has 1 aromatic rings. The van der Waals surface area contributed by atoms with E-state index in [1.807, 2.05) is 6.07 Å². The van der Waals surface area contributed by atoms with Crippen LogP contribution in [0.1, 0.15) is 43.7 Å². The first kappa shape index (κ1) is 10.8. The number of carbonyl (C=O) groups excluding carboxylic acids is 1. The Morgan fingerprint density at radius 1 is 1.12 bits per heavy atom. The zero-order valence-electron chi connectivity index (χ0n) is 10.1. The Hall–Kier alpha value is -1.31. The molecule has 2 saturated carbocycles. The van der Waals surface area contributed by atoms with Crippen molar-refractivity contribution in [2.24, 2.45) is 11.8 Å². The minimum absolute atomic E-state index is 0.254. The first-order valence-electron chi connectivity index (χ1n) is 6.70. The summed E-state index contributed by atoms with van der Waals surface area (Å²) in [6.07, 6.45) is 5.89. The molecule has 2 heteroatoms. The summed E-state index contributed by atoms with van der Waals surface area (Å²) < 4.78 is 0. The van der Waals surface area contributed by atoms with Gasteiger partial charge >= 0.3 is 0 Å². The Bertz CT molecular complexity index is 393. The summed E-state index contributed by atoms with van der Waals surface area (Å²) in [5, 5.41) is 3.26. The smallest absolute Gasteiger partial charge is 0.223 e. The molecule has 0 unspecified atom stereocenters. The number of rotatable bonds is 4. The van der Waals surface area contributed by atoms with Crippen molar-refractivity contribution in [3.05, 3.63) is 35.9 Å². The number of hydrogen-bond acceptors (Lipinski definition) is 1. The van der Waals surface area contributed by atoms with Crippen LogP contribution in [0.25, 0.3) is 0 Å². The van der Waals surface area contributed by atoms with Crippen LogP contribution in [0.3, 0.4) is 0 Å². The van der Waals surface area contributed by atoms with Crippen LogP contribution in [0.2, 0.25) is 0 Å². The van der Waals surface area contributed by atoms with Gasteiger partial charge in [-0.05, 0) is 37.2 Å². The second-order valence-electron chi connectivity index (χ2n) is 5.36. The molecule has 3 rings (SSSR count). The lowest BCUT2D eigenvalue weighted by atomic mass is 9.84. The van der Waals surface area contributed by atoms with E-state index in [0.29, 0.717) is 11.8 Å². The van der Waals surface area contributed by atoms with Crippen molar-refractivity contribution < 1.29 is 4.79 Å². The van der Waals surface area contributed by atoms with Crippen molar-refractivity contribution >= 4 is 5.91 Å².